The second-order valence-electron chi connectivity index (χ2n) is 3.83. The number of methoxy groups -OCH3 is 1. The number of hydrogen-bond donors (Lipinski definition) is 0. The van der Waals surface area contributed by atoms with Crippen LogP contribution in [-0.2, 0) is 20.7 Å². The van der Waals surface area contributed by atoms with Gasteiger partial charge in [0.05, 0.1) is 19.3 Å². The van der Waals surface area contributed by atoms with E-state index in [2.05, 4.69) is 4.74 Å². The number of rotatable bonds is 6. The van der Waals surface area contributed by atoms with Crippen LogP contribution in [0.5, 0.6) is 0 Å². The minimum atomic E-state index is -0.314. The molecule has 0 heterocycles. The van der Waals surface area contributed by atoms with Gasteiger partial charge in [0.2, 0.25) is 0 Å². The van der Waals surface area contributed by atoms with Gasteiger partial charge in [-0.2, -0.15) is 0 Å². The summed E-state index contributed by atoms with van der Waals surface area (Å²) in [4.78, 5) is 23.7. The van der Waals surface area contributed by atoms with Gasteiger partial charge in [0, 0.05) is 11.3 Å². The lowest BCUT2D eigenvalue weighted by Gasteiger charge is -2.09. The van der Waals surface area contributed by atoms with Crippen LogP contribution in [0.2, 0.25) is 0 Å². The molecule has 1 rings (SSSR count). The fourth-order valence-corrected chi connectivity index (χ4v) is 2.26. The lowest BCUT2D eigenvalue weighted by Crippen LogP contribution is -2.07. The van der Waals surface area contributed by atoms with Gasteiger partial charge in [0.25, 0.3) is 0 Å². The van der Waals surface area contributed by atoms with Gasteiger partial charge in [-0.1, -0.05) is 6.07 Å². The number of carbonyl (C=O) groups excluding carboxylic acids is 2. The van der Waals surface area contributed by atoms with Crippen molar-refractivity contribution in [2.75, 3.05) is 20.0 Å². The van der Waals surface area contributed by atoms with Crippen LogP contribution in [0, 0.1) is 0 Å². The summed E-state index contributed by atoms with van der Waals surface area (Å²) in [6, 6.07) is 5.51. The molecular formula is C14H18O4S. The van der Waals surface area contributed by atoms with Crippen LogP contribution >= 0.6 is 11.8 Å². The molecule has 0 saturated heterocycles. The van der Waals surface area contributed by atoms with Crippen molar-refractivity contribution >= 4 is 23.7 Å². The number of aryl methyl sites for hydroxylation is 1. The average Bonchev–Trinajstić information content (AvgIpc) is 2.44. The molecule has 1 aromatic rings. The van der Waals surface area contributed by atoms with Crippen molar-refractivity contribution in [2.45, 2.75) is 24.7 Å². The highest BCUT2D eigenvalue weighted by atomic mass is 32.2. The predicted molar refractivity (Wildman–Crippen MR) is 74.5 cm³/mol. The normalized spacial score (nSPS) is 10.1. The Hall–Kier alpha value is -1.49. The van der Waals surface area contributed by atoms with Gasteiger partial charge in [-0.25, -0.2) is 4.79 Å². The first-order valence-corrected chi connectivity index (χ1v) is 7.25. The quantitative estimate of drug-likeness (QED) is 0.593. The Morgan fingerprint density at radius 1 is 1.32 bits per heavy atom. The van der Waals surface area contributed by atoms with Gasteiger partial charge in [-0.3, -0.25) is 4.79 Å². The summed E-state index contributed by atoms with van der Waals surface area (Å²) >= 11 is 1.49. The molecule has 0 aliphatic rings. The molecule has 0 radical (unpaired) electrons. The zero-order valence-corrected chi connectivity index (χ0v) is 12.2. The molecule has 0 amide bonds. The zero-order valence-electron chi connectivity index (χ0n) is 11.4. The molecule has 0 fully saturated rings. The summed E-state index contributed by atoms with van der Waals surface area (Å²) < 4.78 is 9.60. The van der Waals surface area contributed by atoms with Gasteiger partial charge < -0.3 is 9.47 Å². The highest BCUT2D eigenvalue weighted by Gasteiger charge is 2.13. The second-order valence-corrected chi connectivity index (χ2v) is 4.68. The molecule has 19 heavy (non-hydrogen) atoms. The van der Waals surface area contributed by atoms with E-state index in [0.717, 1.165) is 10.5 Å². The van der Waals surface area contributed by atoms with Crippen molar-refractivity contribution in [1.82, 2.24) is 0 Å². The Kier molecular flexibility index (Phi) is 6.42. The van der Waals surface area contributed by atoms with E-state index in [0.29, 0.717) is 25.0 Å². The summed E-state index contributed by atoms with van der Waals surface area (Å²) in [5, 5.41) is 0. The van der Waals surface area contributed by atoms with Gasteiger partial charge in [-0.15, -0.1) is 11.8 Å². The highest BCUT2D eigenvalue weighted by molar-refractivity contribution is 7.98. The third-order valence-electron chi connectivity index (χ3n) is 2.61. The Morgan fingerprint density at radius 2 is 2.05 bits per heavy atom. The molecule has 0 bridgehead atoms. The molecule has 0 atom stereocenters. The molecule has 5 heteroatoms. The number of ether oxygens (including phenoxy) is 2. The number of thioether (sulfide) groups is 1. The smallest absolute Gasteiger partial charge is 0.339 e. The first kappa shape index (κ1) is 15.6. The fourth-order valence-electron chi connectivity index (χ4n) is 1.62. The van der Waals surface area contributed by atoms with Gasteiger partial charge >= 0.3 is 11.9 Å². The van der Waals surface area contributed by atoms with E-state index < -0.39 is 0 Å². The van der Waals surface area contributed by atoms with Gasteiger partial charge in [0.1, 0.15) is 0 Å². The maximum atomic E-state index is 11.7. The predicted octanol–water partition coefficient (Wildman–Crippen LogP) is 2.69. The minimum Gasteiger partial charge on any atom is -0.469 e. The van der Waals surface area contributed by atoms with Crippen LogP contribution in [0.1, 0.15) is 29.3 Å². The van der Waals surface area contributed by atoms with Crippen molar-refractivity contribution in [3.63, 3.8) is 0 Å². The van der Waals surface area contributed by atoms with Crippen molar-refractivity contribution in [1.29, 1.82) is 0 Å². The monoisotopic (exact) mass is 282 g/mol. The van der Waals surface area contributed by atoms with E-state index in [1.807, 2.05) is 18.4 Å². The summed E-state index contributed by atoms with van der Waals surface area (Å²) in [6.45, 7) is 2.14. The average molecular weight is 282 g/mol. The van der Waals surface area contributed by atoms with Crippen molar-refractivity contribution < 1.29 is 19.1 Å². The van der Waals surface area contributed by atoms with Crippen molar-refractivity contribution in [3.8, 4) is 0 Å². The van der Waals surface area contributed by atoms with E-state index in [-0.39, 0.29) is 11.9 Å². The van der Waals surface area contributed by atoms with Gasteiger partial charge in [0.15, 0.2) is 0 Å². The van der Waals surface area contributed by atoms with E-state index >= 15 is 0 Å². The van der Waals surface area contributed by atoms with Gasteiger partial charge in [-0.05, 0) is 37.3 Å². The third-order valence-corrected chi connectivity index (χ3v) is 3.38. The Labute approximate surface area is 117 Å². The molecule has 0 aromatic heterocycles. The van der Waals surface area contributed by atoms with E-state index in [1.54, 1.807) is 13.0 Å². The molecule has 104 valence electrons. The van der Waals surface area contributed by atoms with E-state index in [4.69, 9.17) is 4.74 Å². The van der Waals surface area contributed by atoms with E-state index in [9.17, 15) is 9.59 Å². The molecule has 0 aliphatic heterocycles. The standard InChI is InChI=1S/C14H18O4S/c1-4-18-14(16)11-7-5-10(9-12(11)19-3)6-8-13(15)17-2/h5,7,9H,4,6,8H2,1-3H3. The molecule has 4 nitrogen and oxygen atoms in total. The molecule has 0 N–H and O–H groups in total. The molecule has 0 saturated carbocycles. The van der Waals surface area contributed by atoms with Crippen LogP contribution in [0.4, 0.5) is 0 Å². The summed E-state index contributed by atoms with van der Waals surface area (Å²) in [6.07, 6.45) is 2.84. The maximum absolute atomic E-state index is 11.7. The van der Waals surface area contributed by atoms with Crippen LogP contribution in [0.3, 0.4) is 0 Å². The van der Waals surface area contributed by atoms with Crippen LogP contribution in [0.25, 0.3) is 0 Å². The molecular weight excluding hydrogens is 264 g/mol. The Morgan fingerprint density at radius 3 is 2.63 bits per heavy atom. The topological polar surface area (TPSA) is 52.6 Å². The molecule has 0 spiro atoms. The molecule has 1 aromatic carbocycles. The van der Waals surface area contributed by atoms with Crippen molar-refractivity contribution in [2.24, 2.45) is 0 Å². The number of esters is 2. The first-order valence-electron chi connectivity index (χ1n) is 6.03. The number of benzene rings is 1. The summed E-state index contributed by atoms with van der Waals surface area (Å²) in [5.74, 6) is -0.550. The maximum Gasteiger partial charge on any atom is 0.339 e. The third kappa shape index (κ3) is 4.59. The Bertz CT molecular complexity index is 457. The number of hydrogen-bond acceptors (Lipinski definition) is 5. The lowest BCUT2D eigenvalue weighted by atomic mass is 10.1. The van der Waals surface area contributed by atoms with Crippen LogP contribution < -0.4 is 0 Å². The SMILES string of the molecule is CCOC(=O)c1ccc(CCC(=O)OC)cc1SC. The Balaban J connectivity index is 2.83. The largest absolute Gasteiger partial charge is 0.469 e. The van der Waals surface area contributed by atoms with Crippen LogP contribution in [-0.4, -0.2) is 31.9 Å². The van der Waals surface area contributed by atoms with E-state index in [1.165, 1.54) is 18.9 Å². The zero-order chi connectivity index (χ0) is 14.3. The highest BCUT2D eigenvalue weighted by Crippen LogP contribution is 2.23. The summed E-state index contributed by atoms with van der Waals surface area (Å²) in [5.41, 5.74) is 1.57. The molecule has 0 unspecified atom stereocenters. The molecule has 0 aliphatic carbocycles. The fraction of sp³-hybridized carbons (Fsp3) is 0.429. The van der Waals surface area contributed by atoms with Crippen LogP contribution in [0.15, 0.2) is 23.1 Å². The minimum absolute atomic E-state index is 0.236. The first-order chi connectivity index (χ1) is 9.12. The lowest BCUT2D eigenvalue weighted by molar-refractivity contribution is -0.140. The second kappa shape index (κ2) is 7.84. The summed E-state index contributed by atoms with van der Waals surface area (Å²) in [7, 11) is 1.37. The number of carbonyl (C=O) groups is 2. The van der Waals surface area contributed by atoms with Crippen molar-refractivity contribution in [3.05, 3.63) is 29.3 Å².